The number of ether oxygens (including phenoxy) is 1. The molecular formula is C20H24N2O5S2. The lowest BCUT2D eigenvalue weighted by Crippen LogP contribution is -2.33. The number of sulfonamides is 2. The predicted molar refractivity (Wildman–Crippen MR) is 113 cm³/mol. The third-order valence-electron chi connectivity index (χ3n) is 5.37. The molecule has 156 valence electrons. The van der Waals surface area contributed by atoms with Crippen molar-refractivity contribution in [2.75, 3.05) is 22.7 Å². The smallest absolute Gasteiger partial charge is 0.236 e. The third-order valence-corrected chi connectivity index (χ3v) is 9.08. The van der Waals surface area contributed by atoms with E-state index in [0.29, 0.717) is 43.9 Å². The summed E-state index contributed by atoms with van der Waals surface area (Å²) >= 11 is 0. The topological polar surface area (TPSA) is 102 Å². The zero-order valence-corrected chi connectivity index (χ0v) is 17.5. The minimum absolute atomic E-state index is 0.0858. The summed E-state index contributed by atoms with van der Waals surface area (Å²) in [6, 6.07) is 15.8. The number of para-hydroxylation sites is 1. The Hall–Kier alpha value is -2.10. The van der Waals surface area contributed by atoms with E-state index in [2.05, 4.69) is 9.44 Å². The second kappa shape index (κ2) is 7.97. The Bertz CT molecular complexity index is 1050. The number of benzene rings is 2. The molecule has 4 rings (SSSR count). The van der Waals surface area contributed by atoms with E-state index in [1.165, 1.54) is 0 Å². The molecule has 2 atom stereocenters. The molecule has 1 aliphatic carbocycles. The fourth-order valence-electron chi connectivity index (χ4n) is 3.64. The van der Waals surface area contributed by atoms with Crippen molar-refractivity contribution in [3.05, 3.63) is 60.2 Å². The van der Waals surface area contributed by atoms with Crippen LogP contribution in [0, 0.1) is 0 Å². The van der Waals surface area contributed by atoms with E-state index in [4.69, 9.17) is 4.74 Å². The first-order chi connectivity index (χ1) is 13.9. The highest BCUT2D eigenvalue weighted by Gasteiger charge is 2.48. The highest BCUT2D eigenvalue weighted by molar-refractivity contribution is 7.93. The number of anilines is 2. The van der Waals surface area contributed by atoms with Crippen LogP contribution >= 0.6 is 0 Å². The maximum absolute atomic E-state index is 12.6. The van der Waals surface area contributed by atoms with Crippen LogP contribution in [-0.2, 0) is 24.8 Å². The maximum Gasteiger partial charge on any atom is 0.236 e. The standard InChI is InChI=1S/C20H24N2O5S2/c23-28(24,18-10-12-27-13-11-18)21-17-8-6-15(7-9-17)19-14-20(19)29(25,26)22-16-4-2-1-3-5-16/h1-9,18-22H,10-14H2/t19-,20?/m0/s1. The van der Waals surface area contributed by atoms with E-state index in [-0.39, 0.29) is 5.92 Å². The van der Waals surface area contributed by atoms with Crippen LogP contribution in [-0.4, -0.2) is 40.5 Å². The number of rotatable bonds is 7. The van der Waals surface area contributed by atoms with Crippen molar-refractivity contribution in [1.29, 1.82) is 0 Å². The lowest BCUT2D eigenvalue weighted by atomic mass is 10.1. The largest absolute Gasteiger partial charge is 0.381 e. The molecule has 1 saturated heterocycles. The van der Waals surface area contributed by atoms with Gasteiger partial charge in [-0.3, -0.25) is 9.44 Å². The number of nitrogens with one attached hydrogen (secondary N) is 2. The van der Waals surface area contributed by atoms with Crippen LogP contribution in [0.15, 0.2) is 54.6 Å². The second-order valence-electron chi connectivity index (χ2n) is 7.47. The van der Waals surface area contributed by atoms with Gasteiger partial charge in [0.2, 0.25) is 20.0 Å². The van der Waals surface area contributed by atoms with Crippen molar-refractivity contribution in [3.8, 4) is 0 Å². The van der Waals surface area contributed by atoms with Gasteiger partial charge >= 0.3 is 0 Å². The minimum Gasteiger partial charge on any atom is -0.381 e. The first-order valence-electron chi connectivity index (χ1n) is 9.61. The Morgan fingerprint density at radius 2 is 1.34 bits per heavy atom. The van der Waals surface area contributed by atoms with Gasteiger partial charge in [0.05, 0.1) is 10.5 Å². The average Bonchev–Trinajstić information content (AvgIpc) is 3.51. The van der Waals surface area contributed by atoms with Gasteiger partial charge in [-0.15, -0.1) is 0 Å². The van der Waals surface area contributed by atoms with Gasteiger partial charge < -0.3 is 4.74 Å². The third kappa shape index (κ3) is 4.73. The van der Waals surface area contributed by atoms with Crippen molar-refractivity contribution in [2.24, 2.45) is 0 Å². The summed E-state index contributed by atoms with van der Waals surface area (Å²) in [7, 11) is -6.92. The van der Waals surface area contributed by atoms with Gasteiger partial charge in [0.15, 0.2) is 0 Å². The Kier molecular flexibility index (Phi) is 5.54. The molecule has 2 aromatic rings. The van der Waals surface area contributed by atoms with Crippen molar-refractivity contribution in [2.45, 2.75) is 35.7 Å². The van der Waals surface area contributed by atoms with E-state index in [1.54, 1.807) is 48.5 Å². The number of hydrogen-bond donors (Lipinski definition) is 2. The quantitative estimate of drug-likeness (QED) is 0.695. The molecule has 1 heterocycles. The minimum atomic E-state index is -3.46. The summed E-state index contributed by atoms with van der Waals surface area (Å²) < 4.78 is 60.6. The SMILES string of the molecule is O=S(=O)(Nc1ccc([C@@H]2CC2S(=O)(=O)Nc2ccccc2)cc1)C1CCOCC1. The van der Waals surface area contributed by atoms with Gasteiger partial charge in [-0.25, -0.2) is 16.8 Å². The molecule has 1 unspecified atom stereocenters. The second-order valence-corrected chi connectivity index (χ2v) is 11.3. The summed E-state index contributed by atoms with van der Waals surface area (Å²) in [5.41, 5.74) is 1.93. The van der Waals surface area contributed by atoms with E-state index in [9.17, 15) is 16.8 Å². The Morgan fingerprint density at radius 1 is 0.759 bits per heavy atom. The summed E-state index contributed by atoms with van der Waals surface area (Å²) in [6.45, 7) is 0.915. The van der Waals surface area contributed by atoms with Gasteiger partial charge in [-0.05, 0) is 49.1 Å². The Labute approximate surface area is 171 Å². The molecule has 2 N–H and O–H groups in total. The van der Waals surface area contributed by atoms with Crippen molar-refractivity contribution < 1.29 is 21.6 Å². The molecule has 29 heavy (non-hydrogen) atoms. The van der Waals surface area contributed by atoms with Crippen LogP contribution in [0.5, 0.6) is 0 Å². The summed E-state index contributed by atoms with van der Waals surface area (Å²) in [5.74, 6) is -0.0858. The predicted octanol–water partition coefficient (Wildman–Crippen LogP) is 2.91. The van der Waals surface area contributed by atoms with Crippen molar-refractivity contribution in [3.63, 3.8) is 0 Å². The lowest BCUT2D eigenvalue weighted by molar-refractivity contribution is 0.0984. The fourth-order valence-corrected chi connectivity index (χ4v) is 6.75. The maximum atomic E-state index is 12.6. The van der Waals surface area contributed by atoms with E-state index >= 15 is 0 Å². The molecule has 2 fully saturated rings. The van der Waals surface area contributed by atoms with Crippen LogP contribution in [0.1, 0.15) is 30.7 Å². The van der Waals surface area contributed by atoms with Crippen LogP contribution < -0.4 is 9.44 Å². The van der Waals surface area contributed by atoms with E-state index < -0.39 is 30.5 Å². The van der Waals surface area contributed by atoms with Gasteiger partial charge in [0, 0.05) is 30.5 Å². The lowest BCUT2D eigenvalue weighted by Gasteiger charge is -2.22. The van der Waals surface area contributed by atoms with Gasteiger partial charge in [-0.2, -0.15) is 0 Å². The molecule has 1 saturated carbocycles. The van der Waals surface area contributed by atoms with Gasteiger partial charge in [-0.1, -0.05) is 30.3 Å². The van der Waals surface area contributed by atoms with Crippen LogP contribution in [0.2, 0.25) is 0 Å². The van der Waals surface area contributed by atoms with Crippen LogP contribution in [0.3, 0.4) is 0 Å². The molecule has 2 aromatic carbocycles. The molecule has 7 nitrogen and oxygen atoms in total. The van der Waals surface area contributed by atoms with E-state index in [0.717, 1.165) is 5.56 Å². The Balaban J connectivity index is 1.39. The van der Waals surface area contributed by atoms with Crippen molar-refractivity contribution >= 4 is 31.4 Å². The summed E-state index contributed by atoms with van der Waals surface area (Å²) in [4.78, 5) is 0. The average molecular weight is 437 g/mol. The highest BCUT2D eigenvalue weighted by Crippen LogP contribution is 2.46. The molecule has 1 aliphatic heterocycles. The zero-order valence-electron chi connectivity index (χ0n) is 15.8. The molecule has 0 spiro atoms. The Morgan fingerprint density at radius 3 is 2.00 bits per heavy atom. The molecule has 9 heteroatoms. The molecule has 0 radical (unpaired) electrons. The first kappa shape index (κ1) is 20.2. The molecular weight excluding hydrogens is 412 g/mol. The fraction of sp³-hybridized carbons (Fsp3) is 0.400. The molecule has 2 aliphatic rings. The van der Waals surface area contributed by atoms with Crippen LogP contribution in [0.4, 0.5) is 11.4 Å². The summed E-state index contributed by atoms with van der Waals surface area (Å²) in [5, 5.41) is -0.926. The molecule has 0 aromatic heterocycles. The normalized spacial score (nSPS) is 22.8. The molecule has 0 amide bonds. The number of hydrogen-bond acceptors (Lipinski definition) is 5. The zero-order chi connectivity index (χ0) is 20.5. The van der Waals surface area contributed by atoms with Gasteiger partial charge in [0.25, 0.3) is 0 Å². The van der Waals surface area contributed by atoms with E-state index in [1.807, 2.05) is 6.07 Å². The first-order valence-corrected chi connectivity index (χ1v) is 12.7. The van der Waals surface area contributed by atoms with Crippen molar-refractivity contribution in [1.82, 2.24) is 0 Å². The molecule has 0 bridgehead atoms. The monoisotopic (exact) mass is 436 g/mol. The summed E-state index contributed by atoms with van der Waals surface area (Å²) in [6.07, 6.45) is 1.53. The van der Waals surface area contributed by atoms with Crippen LogP contribution in [0.25, 0.3) is 0 Å². The van der Waals surface area contributed by atoms with Gasteiger partial charge in [0.1, 0.15) is 0 Å². The highest BCUT2D eigenvalue weighted by atomic mass is 32.2.